The third kappa shape index (κ3) is 2.66. The molecule has 1 N–H and O–H groups in total. The summed E-state index contributed by atoms with van der Waals surface area (Å²) in [5.41, 5.74) is 1.18. The van der Waals surface area contributed by atoms with E-state index in [-0.39, 0.29) is 10.7 Å². The van der Waals surface area contributed by atoms with E-state index >= 15 is 0 Å². The summed E-state index contributed by atoms with van der Waals surface area (Å²) < 4.78 is 26.0. The molecule has 3 nitrogen and oxygen atoms in total. The van der Waals surface area contributed by atoms with Gasteiger partial charge in [-0.15, -0.1) is 0 Å². The molecule has 6 heteroatoms. The molecule has 0 aliphatic rings. The summed E-state index contributed by atoms with van der Waals surface area (Å²) in [6.45, 7) is 3.27. The lowest BCUT2D eigenvalue weighted by molar-refractivity contribution is -0.164. The van der Waals surface area contributed by atoms with Crippen molar-refractivity contribution in [3.05, 3.63) is 28.0 Å². The van der Waals surface area contributed by atoms with E-state index in [4.69, 9.17) is 16.7 Å². The predicted molar refractivity (Wildman–Crippen MR) is 55.0 cm³/mol. The monoisotopic (exact) mass is 249 g/mol. The molecule has 1 heterocycles. The molecule has 0 unspecified atom stereocenters. The van der Waals surface area contributed by atoms with Crippen LogP contribution in [0.3, 0.4) is 0 Å². The maximum atomic E-state index is 13.0. The van der Waals surface area contributed by atoms with Crippen molar-refractivity contribution in [1.82, 2.24) is 4.98 Å². The number of rotatable bonds is 3. The molecule has 0 fully saturated rings. The molecule has 0 aliphatic carbocycles. The van der Waals surface area contributed by atoms with Crippen molar-refractivity contribution in [1.29, 1.82) is 0 Å². The topological polar surface area (TPSA) is 50.2 Å². The van der Waals surface area contributed by atoms with Crippen LogP contribution in [0.2, 0.25) is 5.15 Å². The number of alkyl halides is 2. The Morgan fingerprint density at radius 1 is 1.56 bits per heavy atom. The molecular formula is C10H10ClF2NO2. The summed E-state index contributed by atoms with van der Waals surface area (Å²) >= 11 is 5.71. The molecule has 0 radical (unpaired) electrons. The molecular weight excluding hydrogens is 240 g/mol. The van der Waals surface area contributed by atoms with E-state index in [2.05, 4.69) is 4.98 Å². The zero-order valence-electron chi connectivity index (χ0n) is 8.72. The first-order valence-corrected chi connectivity index (χ1v) is 4.85. The summed E-state index contributed by atoms with van der Waals surface area (Å²) in [6.07, 6.45) is -0.944. The number of hydrogen-bond donors (Lipinski definition) is 1. The van der Waals surface area contributed by atoms with E-state index in [9.17, 15) is 13.6 Å². The van der Waals surface area contributed by atoms with Gasteiger partial charge in [0.25, 0.3) is 0 Å². The second kappa shape index (κ2) is 4.33. The largest absolute Gasteiger partial charge is 0.477 e. The molecule has 0 spiro atoms. The summed E-state index contributed by atoms with van der Waals surface area (Å²) in [7, 11) is 0. The summed E-state index contributed by atoms with van der Waals surface area (Å²) in [5, 5.41) is 8.25. The fourth-order valence-electron chi connectivity index (χ4n) is 1.33. The van der Waals surface area contributed by atoms with E-state index in [1.807, 2.05) is 0 Å². The number of halogens is 3. The average Bonchev–Trinajstić information content (AvgIpc) is 2.11. The highest BCUT2D eigenvalue weighted by Crippen LogP contribution is 2.27. The number of hydrogen-bond acceptors (Lipinski definition) is 2. The minimum absolute atomic E-state index is 0.0691. The van der Waals surface area contributed by atoms with Gasteiger partial charge < -0.3 is 5.11 Å². The van der Waals surface area contributed by atoms with Gasteiger partial charge in [0.2, 0.25) is 0 Å². The van der Waals surface area contributed by atoms with E-state index in [0.717, 1.165) is 0 Å². The standard InChI is InChI=1S/C10H10ClF2NO2/c1-5-3-6(2)14-8(11)7(5)4-10(12,13)9(15)16/h3H,4H2,1-2H3,(H,15,16). The average molecular weight is 250 g/mol. The molecule has 0 aromatic carbocycles. The Morgan fingerprint density at radius 3 is 2.56 bits per heavy atom. The smallest absolute Gasteiger partial charge is 0.374 e. The Morgan fingerprint density at radius 2 is 2.12 bits per heavy atom. The molecule has 0 bridgehead atoms. The Bertz CT molecular complexity index is 412. The maximum Gasteiger partial charge on any atom is 0.374 e. The molecule has 1 aromatic rings. The minimum atomic E-state index is -3.83. The van der Waals surface area contributed by atoms with Gasteiger partial charge in [-0.05, 0) is 31.0 Å². The Hall–Kier alpha value is -1.23. The quantitative estimate of drug-likeness (QED) is 0.838. The lowest BCUT2D eigenvalue weighted by Gasteiger charge is -2.14. The second-order valence-corrected chi connectivity index (χ2v) is 3.89. The van der Waals surface area contributed by atoms with Crippen molar-refractivity contribution >= 4 is 17.6 Å². The number of aryl methyl sites for hydroxylation is 2. The van der Waals surface area contributed by atoms with Gasteiger partial charge in [0.15, 0.2) is 0 Å². The van der Waals surface area contributed by atoms with Crippen LogP contribution in [0.4, 0.5) is 8.78 Å². The first-order chi connectivity index (χ1) is 7.24. The minimum Gasteiger partial charge on any atom is -0.477 e. The van der Waals surface area contributed by atoms with Crippen LogP contribution in [0.25, 0.3) is 0 Å². The van der Waals surface area contributed by atoms with E-state index in [1.165, 1.54) is 0 Å². The van der Waals surface area contributed by atoms with Crippen LogP contribution in [0.5, 0.6) is 0 Å². The van der Waals surface area contributed by atoms with Crippen LogP contribution >= 0.6 is 11.6 Å². The fraction of sp³-hybridized carbons (Fsp3) is 0.400. The van der Waals surface area contributed by atoms with Gasteiger partial charge in [0.1, 0.15) is 5.15 Å². The van der Waals surface area contributed by atoms with Gasteiger partial charge in [0, 0.05) is 5.69 Å². The number of carboxylic acid groups (broad SMARTS) is 1. The molecule has 16 heavy (non-hydrogen) atoms. The number of aliphatic carboxylic acids is 1. The van der Waals surface area contributed by atoms with Crippen molar-refractivity contribution in [3.8, 4) is 0 Å². The third-order valence-corrected chi connectivity index (χ3v) is 2.45. The fourth-order valence-corrected chi connectivity index (χ4v) is 1.68. The van der Waals surface area contributed by atoms with E-state index < -0.39 is 18.3 Å². The Kier molecular flexibility index (Phi) is 3.48. The SMILES string of the molecule is Cc1cc(C)c(CC(F)(F)C(=O)O)c(Cl)n1. The van der Waals surface area contributed by atoms with Gasteiger partial charge in [-0.25, -0.2) is 9.78 Å². The zero-order valence-corrected chi connectivity index (χ0v) is 9.48. The highest BCUT2D eigenvalue weighted by Gasteiger charge is 2.40. The molecule has 1 aromatic heterocycles. The van der Waals surface area contributed by atoms with Crippen LogP contribution in [-0.4, -0.2) is 22.0 Å². The zero-order chi connectivity index (χ0) is 12.5. The number of carboxylic acids is 1. The van der Waals surface area contributed by atoms with Gasteiger partial charge >= 0.3 is 11.9 Å². The first-order valence-electron chi connectivity index (χ1n) is 4.48. The number of pyridine rings is 1. The number of aromatic nitrogens is 1. The van der Waals surface area contributed by atoms with Crippen molar-refractivity contribution in [2.24, 2.45) is 0 Å². The van der Waals surface area contributed by atoms with Gasteiger partial charge in [0.05, 0.1) is 6.42 Å². The molecule has 88 valence electrons. The highest BCUT2D eigenvalue weighted by molar-refractivity contribution is 6.30. The maximum absolute atomic E-state index is 13.0. The molecule has 0 atom stereocenters. The van der Waals surface area contributed by atoms with Crippen LogP contribution < -0.4 is 0 Å². The van der Waals surface area contributed by atoms with Crippen LogP contribution in [-0.2, 0) is 11.2 Å². The Balaban J connectivity index is 3.11. The molecule has 0 amide bonds. The number of nitrogens with zero attached hydrogens (tertiary/aromatic N) is 1. The second-order valence-electron chi connectivity index (χ2n) is 3.54. The molecule has 0 saturated carbocycles. The van der Waals surface area contributed by atoms with E-state index in [0.29, 0.717) is 11.3 Å². The number of carbonyl (C=O) groups is 1. The van der Waals surface area contributed by atoms with Crippen LogP contribution in [0.1, 0.15) is 16.8 Å². The molecule has 0 saturated heterocycles. The first kappa shape index (κ1) is 12.8. The lowest BCUT2D eigenvalue weighted by Crippen LogP contribution is -2.31. The van der Waals surface area contributed by atoms with Crippen molar-refractivity contribution in [3.63, 3.8) is 0 Å². The van der Waals surface area contributed by atoms with Gasteiger partial charge in [-0.1, -0.05) is 11.6 Å². The van der Waals surface area contributed by atoms with Crippen LogP contribution in [0.15, 0.2) is 6.07 Å². The van der Waals surface area contributed by atoms with E-state index in [1.54, 1.807) is 19.9 Å². The highest BCUT2D eigenvalue weighted by atomic mass is 35.5. The summed E-state index contributed by atoms with van der Waals surface area (Å²) in [5.74, 6) is -5.99. The predicted octanol–water partition coefficient (Wildman–Crippen LogP) is 2.61. The molecule has 1 rings (SSSR count). The third-order valence-electron chi connectivity index (χ3n) is 2.14. The van der Waals surface area contributed by atoms with Crippen LogP contribution in [0, 0.1) is 13.8 Å². The van der Waals surface area contributed by atoms with Gasteiger partial charge in [-0.2, -0.15) is 8.78 Å². The lowest BCUT2D eigenvalue weighted by atomic mass is 10.0. The van der Waals surface area contributed by atoms with Crippen molar-refractivity contribution in [2.45, 2.75) is 26.2 Å². The summed E-state index contributed by atoms with van der Waals surface area (Å²) in [4.78, 5) is 14.1. The normalized spacial score (nSPS) is 11.6. The summed E-state index contributed by atoms with van der Waals surface area (Å²) in [6, 6.07) is 1.58. The van der Waals surface area contributed by atoms with Crippen molar-refractivity contribution in [2.75, 3.05) is 0 Å². The molecule has 0 aliphatic heterocycles. The Labute approximate surface area is 96.1 Å². The van der Waals surface area contributed by atoms with Crippen molar-refractivity contribution < 1.29 is 18.7 Å². The van der Waals surface area contributed by atoms with Gasteiger partial charge in [-0.3, -0.25) is 0 Å².